The largest absolute Gasteiger partial charge is 0.311 e. The molecule has 0 aromatic carbocycles. The molecule has 0 bridgehead atoms. The summed E-state index contributed by atoms with van der Waals surface area (Å²) in [4.78, 5) is 0. The van der Waals surface area contributed by atoms with Gasteiger partial charge in [0.25, 0.3) is 0 Å². The van der Waals surface area contributed by atoms with Crippen molar-refractivity contribution >= 4 is 0 Å². The molecule has 1 saturated carbocycles. The topological polar surface area (TPSA) is 12.0 Å². The fourth-order valence-corrected chi connectivity index (χ4v) is 1.58. The fraction of sp³-hybridized carbons (Fsp3) is 0.833. The van der Waals surface area contributed by atoms with Crippen LogP contribution in [-0.2, 0) is 0 Å². The van der Waals surface area contributed by atoms with Crippen molar-refractivity contribution in [2.45, 2.75) is 52.5 Å². The highest BCUT2D eigenvalue weighted by atomic mass is 14.9. The average molecular weight is 181 g/mol. The first-order valence-corrected chi connectivity index (χ1v) is 5.65. The van der Waals surface area contributed by atoms with Crippen molar-refractivity contribution in [3.05, 3.63) is 11.6 Å². The third kappa shape index (κ3) is 3.95. The summed E-state index contributed by atoms with van der Waals surface area (Å²) < 4.78 is 0. The van der Waals surface area contributed by atoms with E-state index < -0.39 is 0 Å². The van der Waals surface area contributed by atoms with Crippen molar-refractivity contribution in [2.24, 2.45) is 5.92 Å². The molecule has 0 aromatic heterocycles. The van der Waals surface area contributed by atoms with E-state index >= 15 is 0 Å². The molecule has 0 amide bonds. The van der Waals surface area contributed by atoms with Crippen LogP contribution in [0, 0.1) is 5.92 Å². The normalized spacial score (nSPS) is 19.2. The monoisotopic (exact) mass is 181 g/mol. The highest BCUT2D eigenvalue weighted by Gasteiger charge is 2.14. The van der Waals surface area contributed by atoms with Crippen molar-refractivity contribution in [3.63, 3.8) is 0 Å². The van der Waals surface area contributed by atoms with E-state index in [1.807, 2.05) is 0 Å². The summed E-state index contributed by atoms with van der Waals surface area (Å²) in [6.07, 6.45) is 7.99. The van der Waals surface area contributed by atoms with Crippen LogP contribution in [0.4, 0.5) is 0 Å². The van der Waals surface area contributed by atoms with Crippen molar-refractivity contribution in [1.82, 2.24) is 5.32 Å². The first-order chi connectivity index (χ1) is 6.22. The van der Waals surface area contributed by atoms with Crippen molar-refractivity contribution in [1.29, 1.82) is 0 Å². The van der Waals surface area contributed by atoms with Crippen molar-refractivity contribution in [3.8, 4) is 0 Å². The molecule has 13 heavy (non-hydrogen) atoms. The molecule has 0 spiro atoms. The first-order valence-electron chi connectivity index (χ1n) is 5.65. The van der Waals surface area contributed by atoms with Gasteiger partial charge >= 0.3 is 0 Å². The Morgan fingerprint density at radius 1 is 1.46 bits per heavy atom. The second kappa shape index (κ2) is 5.43. The molecule has 1 rings (SSSR count). The summed E-state index contributed by atoms with van der Waals surface area (Å²) >= 11 is 0. The third-order valence-electron chi connectivity index (χ3n) is 2.81. The van der Waals surface area contributed by atoms with Crippen LogP contribution >= 0.6 is 0 Å². The molecule has 1 aliphatic carbocycles. The second-order valence-corrected chi connectivity index (χ2v) is 4.41. The number of nitrogens with one attached hydrogen (secondary N) is 1. The van der Waals surface area contributed by atoms with Crippen LogP contribution in [0.5, 0.6) is 0 Å². The molecule has 0 radical (unpaired) electrons. The lowest BCUT2D eigenvalue weighted by Gasteiger charge is -2.23. The van der Waals surface area contributed by atoms with Gasteiger partial charge in [-0.15, -0.1) is 0 Å². The van der Waals surface area contributed by atoms with Gasteiger partial charge in [0.2, 0.25) is 0 Å². The minimum atomic E-state index is 0.608. The van der Waals surface area contributed by atoms with Gasteiger partial charge < -0.3 is 5.32 Å². The van der Waals surface area contributed by atoms with Gasteiger partial charge in [-0.2, -0.15) is 0 Å². The van der Waals surface area contributed by atoms with Crippen molar-refractivity contribution in [2.75, 3.05) is 6.54 Å². The molecule has 0 aliphatic heterocycles. The number of hydrogen-bond acceptors (Lipinski definition) is 1. The Labute approximate surface area is 82.6 Å². The molecule has 0 heterocycles. The molecule has 0 atom stereocenters. The minimum absolute atomic E-state index is 0.608. The van der Waals surface area contributed by atoms with Crippen LogP contribution in [0.25, 0.3) is 0 Å². The lowest BCUT2D eigenvalue weighted by Crippen LogP contribution is -2.25. The number of hydrogen-bond donors (Lipinski definition) is 1. The van der Waals surface area contributed by atoms with Gasteiger partial charge in [0.15, 0.2) is 0 Å². The molecule has 0 aromatic rings. The van der Waals surface area contributed by atoms with Crippen LogP contribution in [0.15, 0.2) is 11.6 Å². The van der Waals surface area contributed by atoms with Crippen molar-refractivity contribution < 1.29 is 0 Å². The Morgan fingerprint density at radius 2 is 2.15 bits per heavy atom. The smallest absolute Gasteiger partial charge is 0.0166 e. The molecule has 1 heteroatoms. The molecular weight excluding hydrogens is 158 g/mol. The Balaban J connectivity index is 2.28. The number of allylic oxidation sites excluding steroid dienone is 1. The van der Waals surface area contributed by atoms with E-state index in [0.29, 0.717) is 6.04 Å². The van der Waals surface area contributed by atoms with E-state index in [2.05, 4.69) is 32.2 Å². The van der Waals surface area contributed by atoms with Crippen LogP contribution in [0.2, 0.25) is 0 Å². The summed E-state index contributed by atoms with van der Waals surface area (Å²) in [6, 6.07) is 0.608. The highest BCUT2D eigenvalue weighted by Crippen LogP contribution is 2.28. The van der Waals surface area contributed by atoms with E-state index in [1.165, 1.54) is 25.7 Å². The summed E-state index contributed by atoms with van der Waals surface area (Å²) in [5.41, 5.74) is 1.60. The van der Waals surface area contributed by atoms with E-state index in [0.717, 1.165) is 12.5 Å². The molecular formula is C12H23N. The van der Waals surface area contributed by atoms with E-state index in [4.69, 9.17) is 0 Å². The van der Waals surface area contributed by atoms with Crippen LogP contribution < -0.4 is 5.32 Å². The summed E-state index contributed by atoms with van der Waals surface area (Å²) in [6.45, 7) is 7.75. The lowest BCUT2D eigenvalue weighted by molar-refractivity contribution is 0.384. The minimum Gasteiger partial charge on any atom is -0.311 e. The predicted octanol–water partition coefficient (Wildman–Crippen LogP) is 3.12. The predicted molar refractivity (Wildman–Crippen MR) is 58.9 cm³/mol. The van der Waals surface area contributed by atoms with E-state index in [-0.39, 0.29) is 0 Å². The Hall–Kier alpha value is -0.300. The van der Waals surface area contributed by atoms with Crippen LogP contribution in [-0.4, -0.2) is 12.6 Å². The molecule has 0 unspecified atom stereocenters. The molecule has 1 nitrogen and oxygen atoms in total. The zero-order valence-corrected chi connectivity index (χ0v) is 9.27. The lowest BCUT2D eigenvalue weighted by atomic mass is 9.84. The highest BCUT2D eigenvalue weighted by molar-refractivity contribution is 5.07. The Kier molecular flexibility index (Phi) is 4.51. The Morgan fingerprint density at radius 3 is 2.54 bits per heavy atom. The second-order valence-electron chi connectivity index (χ2n) is 4.41. The maximum absolute atomic E-state index is 3.48. The molecule has 0 saturated heterocycles. The van der Waals surface area contributed by atoms with Crippen LogP contribution in [0.3, 0.4) is 0 Å². The quantitative estimate of drug-likeness (QED) is 0.643. The van der Waals surface area contributed by atoms with Gasteiger partial charge in [0.05, 0.1) is 0 Å². The van der Waals surface area contributed by atoms with Crippen LogP contribution in [0.1, 0.15) is 46.5 Å². The fourth-order valence-electron chi connectivity index (χ4n) is 1.58. The van der Waals surface area contributed by atoms with Gasteiger partial charge in [-0.25, -0.2) is 0 Å². The molecule has 76 valence electrons. The first kappa shape index (κ1) is 10.8. The zero-order valence-electron chi connectivity index (χ0n) is 9.27. The van der Waals surface area contributed by atoms with Gasteiger partial charge in [-0.05, 0) is 25.2 Å². The number of rotatable bonds is 5. The van der Waals surface area contributed by atoms with Gasteiger partial charge in [0.1, 0.15) is 0 Å². The summed E-state index contributed by atoms with van der Waals surface area (Å²) in [5, 5.41) is 3.48. The molecule has 1 aliphatic rings. The average Bonchev–Trinajstić information content (AvgIpc) is 2.01. The maximum atomic E-state index is 3.48. The van der Waals surface area contributed by atoms with E-state index in [1.54, 1.807) is 5.57 Å². The third-order valence-corrected chi connectivity index (χ3v) is 2.81. The van der Waals surface area contributed by atoms with E-state index in [9.17, 15) is 0 Å². The summed E-state index contributed by atoms with van der Waals surface area (Å²) in [5.74, 6) is 0.906. The maximum Gasteiger partial charge on any atom is 0.0166 e. The Bertz CT molecular complexity index is 166. The van der Waals surface area contributed by atoms with Gasteiger partial charge in [-0.3, -0.25) is 0 Å². The van der Waals surface area contributed by atoms with Gasteiger partial charge in [-0.1, -0.05) is 38.8 Å². The molecule has 1 fully saturated rings. The molecule has 1 N–H and O–H groups in total. The zero-order chi connectivity index (χ0) is 9.68. The summed E-state index contributed by atoms with van der Waals surface area (Å²) in [7, 11) is 0. The van der Waals surface area contributed by atoms with Gasteiger partial charge in [0, 0.05) is 12.6 Å². The standard InChI is InChI=1S/C12H23N/c1-4-11(9-13-10(2)3)8-12-6-5-7-12/h8,10,12-13H,4-7,9H2,1-3H3. The SMILES string of the molecule is CCC(=CC1CCC1)CNC(C)C.